The van der Waals surface area contributed by atoms with Gasteiger partial charge in [-0.15, -0.1) is 0 Å². The molecule has 0 saturated heterocycles. The second kappa shape index (κ2) is 15.4. The van der Waals surface area contributed by atoms with E-state index in [9.17, 15) is 24.0 Å². The molecule has 0 spiro atoms. The fourth-order valence-corrected chi connectivity index (χ4v) is 7.49. The Balaban J connectivity index is 0.939. The molecule has 60 heavy (non-hydrogen) atoms. The van der Waals surface area contributed by atoms with E-state index in [2.05, 4.69) is 31.7 Å². The van der Waals surface area contributed by atoms with Crippen LogP contribution in [0, 0.1) is 6.92 Å². The van der Waals surface area contributed by atoms with Gasteiger partial charge in [-0.05, 0) is 95.4 Å². The summed E-state index contributed by atoms with van der Waals surface area (Å²) in [6, 6.07) is 38.7. The van der Waals surface area contributed by atoms with Crippen LogP contribution in [0.1, 0.15) is 43.7 Å². The Morgan fingerprint density at radius 1 is 0.483 bits per heavy atom. The van der Waals surface area contributed by atoms with E-state index in [1.165, 1.54) is 6.08 Å². The minimum atomic E-state index is -0.630. The van der Waals surface area contributed by atoms with Gasteiger partial charge in [0.05, 0.1) is 33.2 Å². The first-order valence-electron chi connectivity index (χ1n) is 18.8. The number of amides is 2. The molecule has 2 amide bonds. The normalized spacial score (nSPS) is 15.0. The Hall–Kier alpha value is -8.02. The number of benzene rings is 6. The maximum atomic E-state index is 13.9. The van der Waals surface area contributed by atoms with Crippen molar-refractivity contribution in [3.05, 3.63) is 189 Å². The van der Waals surface area contributed by atoms with Crippen molar-refractivity contribution in [3.63, 3.8) is 0 Å². The maximum absolute atomic E-state index is 13.9. The molecule has 0 fully saturated rings. The number of rotatable bonds is 8. The number of fused-ring (bicyclic) bond motifs is 5. The van der Waals surface area contributed by atoms with Gasteiger partial charge in [0, 0.05) is 27.9 Å². The highest BCUT2D eigenvalue weighted by atomic mass is 35.5. The second-order valence-corrected chi connectivity index (χ2v) is 14.6. The van der Waals surface area contributed by atoms with Gasteiger partial charge in [0.1, 0.15) is 11.4 Å². The van der Waals surface area contributed by atoms with Crippen molar-refractivity contribution in [1.29, 1.82) is 0 Å². The van der Waals surface area contributed by atoms with E-state index in [0.717, 1.165) is 5.56 Å². The second-order valence-electron chi connectivity index (χ2n) is 14.2. The zero-order chi connectivity index (χ0) is 41.5. The standard InChI is InChI=1S/C48H31ClN6O5/c1-26-9-8-12-29(21-26)50-47(59)38-22-27-10-2-4-13-32(27)42(45(38)57)54-52-30-17-19-34-35-20-18-31(25-37(35)44(56)36(34)24-30)53-55-43-33-14-5-3-11-28(33)23-39(46(43)58)48(60)51-41-16-7-6-15-40(41)49/h2-25,52-53H,1H3,(H,50,59)(H,51,60). The quantitative estimate of drug-likeness (QED) is 0.0884. The fraction of sp³-hybridized carbons (Fsp3) is 0.0208. The molecule has 0 unspecified atom stereocenters. The minimum Gasteiger partial charge on any atom is -0.322 e. The first kappa shape index (κ1) is 37.6. The van der Waals surface area contributed by atoms with Crippen LogP contribution in [0.4, 0.5) is 22.7 Å². The summed E-state index contributed by atoms with van der Waals surface area (Å²) in [6.07, 6.45) is 3.08. The molecule has 0 aromatic heterocycles. The molecule has 0 saturated carbocycles. The Labute approximate surface area is 348 Å². The molecule has 6 aromatic rings. The number of halogens is 1. The van der Waals surface area contributed by atoms with Crippen molar-refractivity contribution < 1.29 is 24.0 Å². The van der Waals surface area contributed by atoms with E-state index in [0.29, 0.717) is 72.3 Å². The average Bonchev–Trinajstić information content (AvgIpc) is 3.53. The zero-order valence-electron chi connectivity index (χ0n) is 31.7. The number of nitrogens with zero attached hydrogens (tertiary/aromatic N) is 2. The fourth-order valence-electron chi connectivity index (χ4n) is 7.31. The maximum Gasteiger partial charge on any atom is 0.259 e. The average molecular weight is 807 g/mol. The smallest absolute Gasteiger partial charge is 0.259 e. The Bertz CT molecular complexity index is 3020. The molecule has 6 aromatic carbocycles. The molecule has 290 valence electrons. The lowest BCUT2D eigenvalue weighted by molar-refractivity contribution is -0.118. The van der Waals surface area contributed by atoms with E-state index in [4.69, 9.17) is 11.6 Å². The highest BCUT2D eigenvalue weighted by Gasteiger charge is 2.33. The van der Waals surface area contributed by atoms with Gasteiger partial charge in [-0.3, -0.25) is 34.8 Å². The zero-order valence-corrected chi connectivity index (χ0v) is 32.4. The van der Waals surface area contributed by atoms with Gasteiger partial charge in [-0.25, -0.2) is 0 Å². The van der Waals surface area contributed by atoms with Gasteiger partial charge in [0.15, 0.2) is 5.78 Å². The molecule has 0 radical (unpaired) electrons. The summed E-state index contributed by atoms with van der Waals surface area (Å²) in [4.78, 5) is 68.1. The lowest BCUT2D eigenvalue weighted by atomic mass is 9.89. The topological polar surface area (TPSA) is 158 Å². The summed E-state index contributed by atoms with van der Waals surface area (Å²) in [7, 11) is 0. The Morgan fingerprint density at radius 3 is 1.55 bits per heavy atom. The van der Waals surface area contributed by atoms with Gasteiger partial charge >= 0.3 is 0 Å². The Morgan fingerprint density at radius 2 is 1.00 bits per heavy atom. The molecule has 3 aliphatic rings. The lowest BCUT2D eigenvalue weighted by Crippen LogP contribution is -2.30. The molecule has 0 aliphatic heterocycles. The molecule has 4 N–H and O–H groups in total. The van der Waals surface area contributed by atoms with Crippen LogP contribution in [0.2, 0.25) is 5.02 Å². The van der Waals surface area contributed by atoms with Crippen molar-refractivity contribution in [1.82, 2.24) is 0 Å². The van der Waals surface area contributed by atoms with Crippen LogP contribution >= 0.6 is 11.6 Å². The van der Waals surface area contributed by atoms with E-state index in [1.54, 1.807) is 115 Å². The molecule has 0 atom stereocenters. The molecule has 0 bridgehead atoms. The van der Waals surface area contributed by atoms with Gasteiger partial charge in [-0.1, -0.05) is 96.5 Å². The van der Waals surface area contributed by atoms with Gasteiger partial charge in [-0.2, -0.15) is 10.2 Å². The largest absolute Gasteiger partial charge is 0.322 e. The summed E-state index contributed by atoms with van der Waals surface area (Å²) < 4.78 is 0. The predicted molar refractivity (Wildman–Crippen MR) is 234 cm³/mol. The first-order chi connectivity index (χ1) is 29.1. The van der Waals surface area contributed by atoms with Crippen LogP contribution in [-0.2, 0) is 19.2 Å². The van der Waals surface area contributed by atoms with E-state index in [-0.39, 0.29) is 28.4 Å². The third-order valence-corrected chi connectivity index (χ3v) is 10.6. The van der Waals surface area contributed by atoms with Crippen LogP contribution in [0.5, 0.6) is 0 Å². The van der Waals surface area contributed by atoms with E-state index >= 15 is 0 Å². The summed E-state index contributed by atoms with van der Waals surface area (Å²) in [5, 5.41) is 14.8. The number of carbonyl (C=O) groups excluding carboxylic acids is 5. The van der Waals surface area contributed by atoms with Crippen LogP contribution < -0.4 is 21.5 Å². The number of ketones is 3. The molecule has 0 heterocycles. The number of aryl methyl sites for hydroxylation is 1. The molecule has 9 rings (SSSR count). The van der Waals surface area contributed by atoms with Crippen LogP contribution in [0.25, 0.3) is 23.3 Å². The van der Waals surface area contributed by atoms with Crippen molar-refractivity contribution in [2.45, 2.75) is 6.92 Å². The number of carbonyl (C=O) groups is 5. The van der Waals surface area contributed by atoms with Crippen LogP contribution in [-0.4, -0.2) is 40.6 Å². The van der Waals surface area contributed by atoms with E-state index < -0.39 is 23.4 Å². The summed E-state index contributed by atoms with van der Waals surface area (Å²) >= 11 is 6.25. The Kier molecular flexibility index (Phi) is 9.63. The summed E-state index contributed by atoms with van der Waals surface area (Å²) in [5.41, 5.74) is 13.2. The van der Waals surface area contributed by atoms with Crippen LogP contribution in [0.3, 0.4) is 0 Å². The van der Waals surface area contributed by atoms with Crippen molar-refractivity contribution >= 4 is 87.1 Å². The number of hydrazone groups is 2. The highest BCUT2D eigenvalue weighted by Crippen LogP contribution is 2.39. The molecule has 11 nitrogen and oxygen atoms in total. The minimum absolute atomic E-state index is 0.0263. The lowest BCUT2D eigenvalue weighted by Gasteiger charge is -2.18. The summed E-state index contributed by atoms with van der Waals surface area (Å²) in [5.74, 6) is -2.57. The molecule has 12 heteroatoms. The third kappa shape index (κ3) is 6.99. The third-order valence-electron chi connectivity index (χ3n) is 10.3. The number of nitrogens with one attached hydrogen (secondary N) is 4. The highest BCUT2D eigenvalue weighted by molar-refractivity contribution is 6.60. The first-order valence-corrected chi connectivity index (χ1v) is 19.2. The monoisotopic (exact) mass is 806 g/mol. The SMILES string of the molecule is Cc1cccc(NC(=O)C2=Cc3ccccc3C(=NNc3ccc4c(c3)C(=O)c3cc(NN=C5C(=O)C(C(=O)Nc6ccccc6Cl)=Cc6ccccc65)ccc3-4)C2=O)c1. The number of Topliss-reactive ketones (excluding diaryl/α,β-unsaturated/α-hetero) is 2. The van der Waals surface area contributed by atoms with Gasteiger partial charge in [0.2, 0.25) is 11.6 Å². The van der Waals surface area contributed by atoms with Crippen molar-refractivity contribution in [2.75, 3.05) is 21.5 Å². The number of hydrogen-bond donors (Lipinski definition) is 4. The summed E-state index contributed by atoms with van der Waals surface area (Å²) in [6.45, 7) is 1.91. The van der Waals surface area contributed by atoms with Gasteiger partial charge in [0.25, 0.3) is 11.8 Å². The predicted octanol–water partition coefficient (Wildman–Crippen LogP) is 8.70. The van der Waals surface area contributed by atoms with Gasteiger partial charge < -0.3 is 10.6 Å². The number of anilines is 4. The number of hydrogen-bond acceptors (Lipinski definition) is 9. The van der Waals surface area contributed by atoms with Crippen molar-refractivity contribution in [3.8, 4) is 11.1 Å². The number of para-hydroxylation sites is 1. The molecular formula is C48H31ClN6O5. The van der Waals surface area contributed by atoms with E-state index in [1.807, 2.05) is 31.2 Å². The molecular weight excluding hydrogens is 776 g/mol. The molecule has 3 aliphatic carbocycles. The van der Waals surface area contributed by atoms with Crippen molar-refractivity contribution in [2.24, 2.45) is 10.2 Å². The van der Waals surface area contributed by atoms with Crippen LogP contribution in [0.15, 0.2) is 155 Å².